The number of methoxy groups -OCH3 is 2. The predicted octanol–water partition coefficient (Wildman–Crippen LogP) is 4.25. The third kappa shape index (κ3) is 6.70. The molecule has 51 heavy (non-hydrogen) atoms. The van der Waals surface area contributed by atoms with E-state index in [0.717, 1.165) is 45.6 Å². The topological polar surface area (TPSA) is 134 Å². The number of benzene rings is 2. The number of amides is 3. The Balaban J connectivity index is 1.43. The van der Waals surface area contributed by atoms with Crippen molar-refractivity contribution >= 4 is 39.2 Å². The lowest BCUT2D eigenvalue weighted by Gasteiger charge is -2.43. The van der Waals surface area contributed by atoms with E-state index in [-0.39, 0.29) is 45.0 Å². The summed E-state index contributed by atoms with van der Waals surface area (Å²) in [7, 11) is -1.87. The van der Waals surface area contributed by atoms with Crippen molar-refractivity contribution in [3.05, 3.63) is 70.4 Å². The fraction of sp³-hybridized carbons (Fsp3) is 0.472. The van der Waals surface area contributed by atoms with Gasteiger partial charge in [-0.15, -0.1) is 0 Å². The number of rotatable bonds is 10. The Bertz CT molecular complexity index is 1900. The van der Waals surface area contributed by atoms with Crippen LogP contribution in [-0.4, -0.2) is 113 Å². The number of likely N-dealkylation sites (N-methyl/N-ethyl adjacent to an activating group) is 1. The average molecular weight is 741 g/mol. The largest absolute Gasteiger partial charge is 0.497 e. The maximum Gasteiger partial charge on any atom is 0.318 e. The molecule has 0 saturated carbocycles. The van der Waals surface area contributed by atoms with E-state index in [1.54, 1.807) is 31.0 Å². The molecule has 1 atom stereocenters. The summed E-state index contributed by atoms with van der Waals surface area (Å²) in [5.41, 5.74) is -1.03. The summed E-state index contributed by atoms with van der Waals surface area (Å²) in [6.07, 6.45) is 3.14. The van der Waals surface area contributed by atoms with Gasteiger partial charge in [0.25, 0.3) is 15.9 Å². The molecule has 2 saturated heterocycles. The molecular formula is C36H45ClN6O7S. The number of ether oxygens (including phenoxy) is 3. The minimum Gasteiger partial charge on any atom is -0.497 e. The minimum absolute atomic E-state index is 0.0228. The van der Waals surface area contributed by atoms with Gasteiger partial charge in [0.2, 0.25) is 5.88 Å². The summed E-state index contributed by atoms with van der Waals surface area (Å²) >= 11 is 6.58. The van der Waals surface area contributed by atoms with Crippen molar-refractivity contribution in [1.29, 1.82) is 0 Å². The molecule has 13 nitrogen and oxygen atoms in total. The maximum atomic E-state index is 15.2. The first-order chi connectivity index (χ1) is 24.5. The van der Waals surface area contributed by atoms with Gasteiger partial charge in [-0.25, -0.2) is 18.2 Å². The van der Waals surface area contributed by atoms with Crippen molar-refractivity contribution in [1.82, 2.24) is 25.0 Å². The Labute approximate surface area is 304 Å². The zero-order valence-corrected chi connectivity index (χ0v) is 31.2. The molecule has 3 aliphatic rings. The Morgan fingerprint density at radius 2 is 1.71 bits per heavy atom. The molecule has 1 unspecified atom stereocenters. The summed E-state index contributed by atoms with van der Waals surface area (Å²) in [5, 5.41) is 3.27. The lowest BCUT2D eigenvalue weighted by atomic mass is 9.83. The molecule has 3 aliphatic heterocycles. The Hall–Kier alpha value is -4.11. The fourth-order valence-corrected chi connectivity index (χ4v) is 9.11. The molecule has 3 aromatic rings. The number of aromatic nitrogens is 1. The van der Waals surface area contributed by atoms with Crippen LogP contribution in [0.4, 0.5) is 10.5 Å². The van der Waals surface area contributed by atoms with Gasteiger partial charge in [-0.2, -0.15) is 4.31 Å². The number of pyridine rings is 1. The number of hydrogen-bond acceptors (Lipinski definition) is 10. The van der Waals surface area contributed by atoms with Crippen LogP contribution < -0.4 is 23.8 Å². The molecule has 0 radical (unpaired) electrons. The number of sulfonamides is 1. The molecule has 3 amide bonds. The maximum absolute atomic E-state index is 15.2. The lowest BCUT2D eigenvalue weighted by Crippen LogP contribution is -2.59. The summed E-state index contributed by atoms with van der Waals surface area (Å²) < 4.78 is 46.7. The van der Waals surface area contributed by atoms with Gasteiger partial charge in [0.15, 0.2) is 5.54 Å². The molecule has 1 N–H and O–H groups in total. The number of carbonyl (C=O) groups is 2. The molecule has 0 bridgehead atoms. The molecule has 2 aromatic carbocycles. The highest BCUT2D eigenvalue weighted by atomic mass is 35.5. The first-order valence-electron chi connectivity index (χ1n) is 17.2. The number of piperidine rings is 1. The second-order valence-corrected chi connectivity index (χ2v) is 15.1. The summed E-state index contributed by atoms with van der Waals surface area (Å²) in [4.78, 5) is 40.5. The number of urea groups is 1. The van der Waals surface area contributed by atoms with Crippen LogP contribution >= 0.6 is 11.6 Å². The van der Waals surface area contributed by atoms with Gasteiger partial charge in [-0.3, -0.25) is 9.69 Å². The van der Waals surface area contributed by atoms with Gasteiger partial charge in [-0.05, 0) is 75.2 Å². The van der Waals surface area contributed by atoms with Crippen LogP contribution in [0.1, 0.15) is 43.4 Å². The second kappa shape index (κ2) is 14.9. The number of aryl methyl sites for hydroxylation is 1. The van der Waals surface area contributed by atoms with Gasteiger partial charge in [0, 0.05) is 68.2 Å². The van der Waals surface area contributed by atoms with Gasteiger partial charge in [0.1, 0.15) is 16.4 Å². The number of halogens is 1. The van der Waals surface area contributed by atoms with Crippen molar-refractivity contribution in [3.63, 3.8) is 0 Å². The van der Waals surface area contributed by atoms with Crippen molar-refractivity contribution in [2.45, 2.75) is 50.1 Å². The summed E-state index contributed by atoms with van der Waals surface area (Å²) in [6, 6.07) is 10.2. The van der Waals surface area contributed by atoms with Crippen LogP contribution in [0, 0.1) is 6.92 Å². The van der Waals surface area contributed by atoms with Crippen molar-refractivity contribution in [2.75, 3.05) is 70.9 Å². The number of carbonyl (C=O) groups excluding carboxylic acids is 2. The van der Waals surface area contributed by atoms with Crippen LogP contribution in [0.3, 0.4) is 0 Å². The Morgan fingerprint density at radius 1 is 0.980 bits per heavy atom. The highest BCUT2D eigenvalue weighted by Gasteiger charge is 2.59. The van der Waals surface area contributed by atoms with Gasteiger partial charge < -0.3 is 29.3 Å². The zero-order valence-electron chi connectivity index (χ0n) is 29.6. The predicted molar refractivity (Wildman–Crippen MR) is 193 cm³/mol. The Morgan fingerprint density at radius 3 is 2.35 bits per heavy atom. The normalized spacial score (nSPS) is 20.3. The van der Waals surface area contributed by atoms with E-state index in [1.807, 2.05) is 0 Å². The third-order valence-corrected chi connectivity index (χ3v) is 12.0. The molecule has 2 fully saturated rings. The SMILES string of the molecule is CCOc1ncc(C)cc1C1(NC(=O)N2CCC(N3CCN(CC)CC3)CC2)C(=O)N(S(=O)(=O)c2ccc(OC)cc2OC)c2ccc(Cl)cc21. The standard InChI is InChI=1S/C36H45ClN6O7S/c1-6-40-16-18-41(19-17-40)26-12-14-42(15-13-26)35(45)39-36(29-20-24(3)23-38-33(29)50-7-2)28-21-25(37)8-10-30(28)43(34(36)44)51(46,47)32-11-9-27(48-4)22-31(32)49-5/h8-11,20-23,26H,6-7,12-19H2,1-5H3,(H,39,45). The quantitative estimate of drug-likeness (QED) is 0.322. The van der Waals surface area contributed by atoms with Crippen molar-refractivity contribution in [3.8, 4) is 17.4 Å². The van der Waals surface area contributed by atoms with E-state index in [2.05, 4.69) is 27.0 Å². The number of anilines is 1. The van der Waals surface area contributed by atoms with Gasteiger partial charge >= 0.3 is 6.03 Å². The molecule has 6 rings (SSSR count). The number of likely N-dealkylation sites (tertiary alicyclic amines) is 1. The van der Waals surface area contributed by atoms with E-state index in [9.17, 15) is 13.2 Å². The van der Waals surface area contributed by atoms with Crippen LogP contribution in [0.25, 0.3) is 0 Å². The number of fused-ring (bicyclic) bond motifs is 1. The molecular weight excluding hydrogens is 696 g/mol. The van der Waals surface area contributed by atoms with Crippen molar-refractivity contribution in [2.24, 2.45) is 0 Å². The summed E-state index contributed by atoms with van der Waals surface area (Å²) in [5.74, 6) is -0.520. The fourth-order valence-electron chi connectivity index (χ4n) is 7.33. The monoisotopic (exact) mass is 740 g/mol. The summed E-state index contributed by atoms with van der Waals surface area (Å²) in [6.45, 7) is 11.9. The molecule has 0 spiro atoms. The van der Waals surface area contributed by atoms with E-state index in [4.69, 9.17) is 25.8 Å². The van der Waals surface area contributed by atoms with E-state index >= 15 is 4.79 Å². The minimum atomic E-state index is -4.66. The number of nitrogens with zero attached hydrogens (tertiary/aromatic N) is 5. The molecule has 15 heteroatoms. The number of nitrogens with one attached hydrogen (secondary N) is 1. The van der Waals surface area contributed by atoms with Crippen LogP contribution in [0.5, 0.6) is 17.4 Å². The van der Waals surface area contributed by atoms with Crippen molar-refractivity contribution < 1.29 is 32.2 Å². The highest BCUT2D eigenvalue weighted by molar-refractivity contribution is 7.93. The molecule has 1 aromatic heterocycles. The molecule has 0 aliphatic carbocycles. The molecule has 4 heterocycles. The van der Waals surface area contributed by atoms with Gasteiger partial charge in [-0.1, -0.05) is 18.5 Å². The van der Waals surface area contributed by atoms with E-state index in [0.29, 0.717) is 34.7 Å². The highest BCUT2D eigenvalue weighted by Crippen LogP contribution is 2.50. The zero-order chi connectivity index (χ0) is 36.5. The number of hydrogen-bond donors (Lipinski definition) is 1. The van der Waals surface area contributed by atoms with Crippen LogP contribution in [0.15, 0.2) is 53.6 Å². The van der Waals surface area contributed by atoms with Crippen LogP contribution in [0.2, 0.25) is 5.02 Å². The smallest absolute Gasteiger partial charge is 0.318 e. The molecule has 274 valence electrons. The Kier molecular flexibility index (Phi) is 10.7. The average Bonchev–Trinajstić information content (AvgIpc) is 3.39. The van der Waals surface area contributed by atoms with E-state index < -0.39 is 27.5 Å². The van der Waals surface area contributed by atoms with Gasteiger partial charge in [0.05, 0.1) is 32.1 Å². The van der Waals surface area contributed by atoms with Crippen LogP contribution in [-0.2, 0) is 20.4 Å². The lowest BCUT2D eigenvalue weighted by molar-refractivity contribution is -0.121. The number of piperazine rings is 1. The first kappa shape index (κ1) is 36.7. The third-order valence-electron chi connectivity index (χ3n) is 10.1. The van der Waals surface area contributed by atoms with E-state index in [1.165, 1.54) is 50.6 Å². The first-order valence-corrected chi connectivity index (χ1v) is 19.1. The second-order valence-electron chi connectivity index (χ2n) is 12.9.